The largest absolute Gasteiger partial charge is 0.481 e. The number of aliphatic hydroxyl groups excluding tert-OH is 1. The van der Waals surface area contributed by atoms with Crippen LogP contribution in [-0.2, 0) is 9.53 Å². The highest BCUT2D eigenvalue weighted by Crippen LogP contribution is 1.97. The van der Waals surface area contributed by atoms with Crippen LogP contribution >= 0.6 is 0 Å². The standard InChI is InChI=1S/C11H22N2O5/c1-8(14)4-5-13(2)11(17)12-7-9(18-3)6-10(15)16/h8-9,14H,4-7H2,1-3H3,(H,12,17)(H,15,16). The Morgan fingerprint density at radius 3 is 2.50 bits per heavy atom. The zero-order chi connectivity index (χ0) is 14.1. The lowest BCUT2D eigenvalue weighted by Crippen LogP contribution is -2.42. The fourth-order valence-corrected chi connectivity index (χ4v) is 1.25. The van der Waals surface area contributed by atoms with Crippen LogP contribution in [0.1, 0.15) is 19.8 Å². The number of hydrogen-bond donors (Lipinski definition) is 3. The molecule has 0 aromatic carbocycles. The fourth-order valence-electron chi connectivity index (χ4n) is 1.25. The molecule has 0 radical (unpaired) electrons. The molecule has 0 spiro atoms. The van der Waals surface area contributed by atoms with Gasteiger partial charge in [-0.15, -0.1) is 0 Å². The second kappa shape index (κ2) is 8.71. The molecule has 7 heteroatoms. The molecule has 18 heavy (non-hydrogen) atoms. The number of ether oxygens (including phenoxy) is 1. The molecule has 2 unspecified atom stereocenters. The number of nitrogens with one attached hydrogen (secondary N) is 1. The van der Waals surface area contributed by atoms with E-state index in [1.165, 1.54) is 12.0 Å². The Hall–Kier alpha value is -1.34. The van der Waals surface area contributed by atoms with E-state index in [9.17, 15) is 9.59 Å². The SMILES string of the molecule is COC(CNC(=O)N(C)CCC(C)O)CC(=O)O. The number of aliphatic carboxylic acids is 1. The molecule has 0 heterocycles. The van der Waals surface area contributed by atoms with Gasteiger partial charge in [-0.25, -0.2) is 4.79 Å². The molecule has 7 nitrogen and oxygen atoms in total. The first-order chi connectivity index (χ1) is 8.36. The number of nitrogens with zero attached hydrogens (tertiary/aromatic N) is 1. The molecule has 0 aromatic rings. The van der Waals surface area contributed by atoms with E-state index in [-0.39, 0.29) is 19.0 Å². The number of amides is 2. The summed E-state index contributed by atoms with van der Waals surface area (Å²) >= 11 is 0. The van der Waals surface area contributed by atoms with E-state index in [4.69, 9.17) is 14.9 Å². The molecule has 0 aromatic heterocycles. The monoisotopic (exact) mass is 262 g/mol. The fraction of sp³-hybridized carbons (Fsp3) is 0.818. The summed E-state index contributed by atoms with van der Waals surface area (Å²) in [4.78, 5) is 23.5. The summed E-state index contributed by atoms with van der Waals surface area (Å²) in [6, 6.07) is -0.317. The summed E-state index contributed by atoms with van der Waals surface area (Å²) in [6.45, 7) is 2.22. The van der Waals surface area contributed by atoms with Gasteiger partial charge in [-0.05, 0) is 13.3 Å². The number of aliphatic hydroxyl groups is 1. The first-order valence-corrected chi connectivity index (χ1v) is 5.78. The molecule has 3 N–H and O–H groups in total. The minimum absolute atomic E-state index is 0.140. The van der Waals surface area contributed by atoms with Crippen molar-refractivity contribution < 1.29 is 24.5 Å². The van der Waals surface area contributed by atoms with Gasteiger partial charge in [0.2, 0.25) is 0 Å². The Labute approximate surface area is 107 Å². The minimum Gasteiger partial charge on any atom is -0.481 e. The highest BCUT2D eigenvalue weighted by atomic mass is 16.5. The highest BCUT2D eigenvalue weighted by Gasteiger charge is 2.15. The van der Waals surface area contributed by atoms with Crippen LogP contribution in [0.15, 0.2) is 0 Å². The quantitative estimate of drug-likeness (QED) is 0.567. The lowest BCUT2D eigenvalue weighted by atomic mass is 10.2. The van der Waals surface area contributed by atoms with Gasteiger partial charge in [-0.2, -0.15) is 0 Å². The zero-order valence-electron chi connectivity index (χ0n) is 11.0. The van der Waals surface area contributed by atoms with Crippen LogP contribution in [0.5, 0.6) is 0 Å². The summed E-state index contributed by atoms with van der Waals surface area (Å²) < 4.78 is 4.94. The molecule has 0 fully saturated rings. The van der Waals surface area contributed by atoms with Gasteiger partial charge < -0.3 is 25.2 Å². The van der Waals surface area contributed by atoms with Crippen molar-refractivity contribution in [2.45, 2.75) is 32.0 Å². The molecule has 0 saturated carbocycles. The molecule has 0 aliphatic rings. The van der Waals surface area contributed by atoms with E-state index in [1.54, 1.807) is 14.0 Å². The normalized spacial score (nSPS) is 13.8. The minimum atomic E-state index is -0.974. The van der Waals surface area contributed by atoms with Crippen LogP contribution in [0.3, 0.4) is 0 Å². The van der Waals surface area contributed by atoms with Gasteiger partial charge in [0.1, 0.15) is 0 Å². The Morgan fingerprint density at radius 1 is 1.44 bits per heavy atom. The van der Waals surface area contributed by atoms with E-state index < -0.39 is 18.2 Å². The van der Waals surface area contributed by atoms with Crippen LogP contribution in [0.2, 0.25) is 0 Å². The molecule has 106 valence electrons. The predicted molar refractivity (Wildman–Crippen MR) is 65.4 cm³/mol. The molecule has 2 atom stereocenters. The number of rotatable bonds is 8. The van der Waals surface area contributed by atoms with Crippen LogP contribution in [-0.4, -0.2) is 66.6 Å². The second-order valence-corrected chi connectivity index (χ2v) is 4.20. The zero-order valence-corrected chi connectivity index (χ0v) is 11.0. The topological polar surface area (TPSA) is 99.1 Å². The van der Waals surface area contributed by atoms with Crippen molar-refractivity contribution in [1.29, 1.82) is 0 Å². The lowest BCUT2D eigenvalue weighted by Gasteiger charge is -2.20. The molecule has 2 amide bonds. The maximum absolute atomic E-state index is 11.6. The van der Waals surface area contributed by atoms with Crippen LogP contribution in [0.4, 0.5) is 4.79 Å². The summed E-state index contributed by atoms with van der Waals surface area (Å²) in [5.74, 6) is -0.974. The van der Waals surface area contributed by atoms with E-state index in [1.807, 2.05) is 0 Å². The van der Waals surface area contributed by atoms with Gasteiger partial charge in [0.05, 0.1) is 18.6 Å². The van der Waals surface area contributed by atoms with Gasteiger partial charge >= 0.3 is 12.0 Å². The number of carbonyl (C=O) groups excluding carboxylic acids is 1. The molecular formula is C11H22N2O5. The van der Waals surface area contributed by atoms with Gasteiger partial charge in [0.25, 0.3) is 0 Å². The second-order valence-electron chi connectivity index (χ2n) is 4.20. The van der Waals surface area contributed by atoms with Gasteiger partial charge in [0.15, 0.2) is 0 Å². The van der Waals surface area contributed by atoms with Crippen molar-refractivity contribution in [1.82, 2.24) is 10.2 Å². The molecule has 0 saturated heterocycles. The number of hydrogen-bond acceptors (Lipinski definition) is 4. The van der Waals surface area contributed by atoms with Crippen molar-refractivity contribution in [3.05, 3.63) is 0 Å². The Kier molecular flexibility index (Phi) is 8.06. The third-order valence-electron chi connectivity index (χ3n) is 2.45. The number of carboxylic acids is 1. The molecule has 0 bridgehead atoms. The van der Waals surface area contributed by atoms with E-state index in [0.29, 0.717) is 13.0 Å². The molecule has 0 rings (SSSR count). The maximum atomic E-state index is 11.6. The van der Waals surface area contributed by atoms with E-state index in [0.717, 1.165) is 0 Å². The molecule has 0 aliphatic heterocycles. The first-order valence-electron chi connectivity index (χ1n) is 5.78. The Balaban J connectivity index is 3.95. The summed E-state index contributed by atoms with van der Waals surface area (Å²) in [5, 5.41) is 20.3. The average molecular weight is 262 g/mol. The average Bonchev–Trinajstić information content (AvgIpc) is 2.30. The van der Waals surface area contributed by atoms with Crippen LogP contribution in [0.25, 0.3) is 0 Å². The summed E-state index contributed by atoms with van der Waals surface area (Å²) in [7, 11) is 3.01. The summed E-state index contributed by atoms with van der Waals surface area (Å²) in [5.41, 5.74) is 0. The number of methoxy groups -OCH3 is 1. The number of carboxylic acid groups (broad SMARTS) is 1. The maximum Gasteiger partial charge on any atom is 0.317 e. The highest BCUT2D eigenvalue weighted by molar-refractivity contribution is 5.74. The van der Waals surface area contributed by atoms with E-state index >= 15 is 0 Å². The third kappa shape index (κ3) is 7.86. The van der Waals surface area contributed by atoms with Gasteiger partial charge in [-0.3, -0.25) is 4.79 Å². The smallest absolute Gasteiger partial charge is 0.317 e. The van der Waals surface area contributed by atoms with Crippen molar-refractivity contribution >= 4 is 12.0 Å². The van der Waals surface area contributed by atoms with Crippen molar-refractivity contribution in [3.63, 3.8) is 0 Å². The summed E-state index contributed by atoms with van der Waals surface area (Å²) in [6.07, 6.45) is -0.670. The number of carbonyl (C=O) groups is 2. The van der Waals surface area contributed by atoms with Crippen molar-refractivity contribution in [3.8, 4) is 0 Å². The molecule has 0 aliphatic carbocycles. The van der Waals surface area contributed by atoms with Crippen LogP contribution < -0.4 is 5.32 Å². The van der Waals surface area contributed by atoms with Gasteiger partial charge in [-0.1, -0.05) is 0 Å². The Morgan fingerprint density at radius 2 is 2.06 bits per heavy atom. The Bertz CT molecular complexity index is 270. The lowest BCUT2D eigenvalue weighted by molar-refractivity contribution is -0.139. The van der Waals surface area contributed by atoms with E-state index in [2.05, 4.69) is 5.32 Å². The molecular weight excluding hydrogens is 240 g/mol. The van der Waals surface area contributed by atoms with Crippen molar-refractivity contribution in [2.24, 2.45) is 0 Å². The van der Waals surface area contributed by atoms with Crippen LogP contribution in [0, 0.1) is 0 Å². The number of urea groups is 1. The third-order valence-corrected chi connectivity index (χ3v) is 2.45. The van der Waals surface area contributed by atoms with Crippen molar-refractivity contribution in [2.75, 3.05) is 27.2 Å². The first kappa shape index (κ1) is 16.7. The predicted octanol–water partition coefficient (Wildman–Crippen LogP) is -0.112. The van der Waals surface area contributed by atoms with Gasteiger partial charge in [0, 0.05) is 27.2 Å².